The molecule has 1 aromatic carbocycles. The number of nitrogens with zero attached hydrogens (tertiary/aromatic N) is 2. The number of nitriles is 1. The first-order valence-corrected chi connectivity index (χ1v) is 7.45. The van der Waals surface area contributed by atoms with Crippen LogP contribution in [-0.4, -0.2) is 32.1 Å². The molecular formula is C16H18F2N2O2. The van der Waals surface area contributed by atoms with E-state index < -0.39 is 17.4 Å². The minimum absolute atomic E-state index is 0.00565. The van der Waals surface area contributed by atoms with Gasteiger partial charge in [0.15, 0.2) is 17.4 Å². The first kappa shape index (κ1) is 15.2. The van der Waals surface area contributed by atoms with Crippen LogP contribution in [0.15, 0.2) is 12.1 Å². The molecule has 2 aliphatic rings. The first-order valence-electron chi connectivity index (χ1n) is 7.45. The zero-order valence-corrected chi connectivity index (χ0v) is 12.4. The fraction of sp³-hybridized carbons (Fsp3) is 0.562. The summed E-state index contributed by atoms with van der Waals surface area (Å²) in [5.41, 5.74) is -0.0511. The quantitative estimate of drug-likeness (QED) is 0.843. The average molecular weight is 308 g/mol. The predicted octanol–water partition coefficient (Wildman–Crippen LogP) is 2.82. The summed E-state index contributed by atoms with van der Waals surface area (Å²) in [6.07, 6.45) is 1.49. The molecule has 2 aliphatic heterocycles. The highest BCUT2D eigenvalue weighted by molar-refractivity contribution is 5.52. The molecule has 2 fully saturated rings. The molecule has 0 unspecified atom stereocenters. The monoisotopic (exact) mass is 308 g/mol. The van der Waals surface area contributed by atoms with Crippen molar-refractivity contribution in [3.8, 4) is 6.07 Å². The summed E-state index contributed by atoms with van der Waals surface area (Å²) < 4.78 is 39.5. The van der Waals surface area contributed by atoms with Gasteiger partial charge in [-0.15, -0.1) is 0 Å². The summed E-state index contributed by atoms with van der Waals surface area (Å²) in [5.74, 6) is -1.73. The largest absolute Gasteiger partial charge is 0.367 e. The Morgan fingerprint density at radius 3 is 2.23 bits per heavy atom. The molecule has 0 atom stereocenters. The van der Waals surface area contributed by atoms with Crippen molar-refractivity contribution in [3.05, 3.63) is 29.3 Å². The summed E-state index contributed by atoms with van der Waals surface area (Å²) in [6.45, 7) is 4.19. The Morgan fingerprint density at radius 2 is 1.73 bits per heavy atom. The van der Waals surface area contributed by atoms with E-state index in [0.717, 1.165) is 25.0 Å². The first-order chi connectivity index (χ1) is 10.5. The van der Waals surface area contributed by atoms with Gasteiger partial charge in [-0.05, 0) is 31.9 Å². The summed E-state index contributed by atoms with van der Waals surface area (Å²) in [5, 5.41) is 8.75. The van der Waals surface area contributed by atoms with Crippen LogP contribution >= 0.6 is 0 Å². The molecule has 0 amide bonds. The number of rotatable bonds is 2. The molecule has 0 aliphatic carbocycles. The van der Waals surface area contributed by atoms with Crippen LogP contribution in [-0.2, 0) is 9.47 Å². The maximum atomic E-state index is 14.1. The molecule has 0 spiro atoms. The predicted molar refractivity (Wildman–Crippen MR) is 76.3 cm³/mol. The van der Waals surface area contributed by atoms with Gasteiger partial charge in [0.2, 0.25) is 0 Å². The fourth-order valence-electron chi connectivity index (χ4n) is 3.33. The highest BCUT2D eigenvalue weighted by atomic mass is 19.1. The van der Waals surface area contributed by atoms with Crippen LogP contribution in [0.5, 0.6) is 0 Å². The Hall–Kier alpha value is -1.71. The van der Waals surface area contributed by atoms with Crippen LogP contribution in [0.4, 0.5) is 14.5 Å². The van der Waals surface area contributed by atoms with Crippen molar-refractivity contribution in [2.24, 2.45) is 5.92 Å². The van der Waals surface area contributed by atoms with Crippen molar-refractivity contribution < 1.29 is 18.3 Å². The molecule has 2 saturated heterocycles. The van der Waals surface area contributed by atoms with Gasteiger partial charge in [0.25, 0.3) is 0 Å². The van der Waals surface area contributed by atoms with Crippen LogP contribution in [0, 0.1) is 28.9 Å². The molecule has 4 nitrogen and oxygen atoms in total. The Balaban J connectivity index is 1.73. The molecule has 0 N–H and O–H groups in total. The normalized spacial score (nSPS) is 21.8. The summed E-state index contributed by atoms with van der Waals surface area (Å²) in [4.78, 5) is 1.70. The zero-order chi connectivity index (χ0) is 15.7. The molecule has 0 aromatic heterocycles. The molecule has 118 valence electrons. The van der Waals surface area contributed by atoms with Crippen molar-refractivity contribution in [3.63, 3.8) is 0 Å². The van der Waals surface area contributed by atoms with Gasteiger partial charge in [-0.1, -0.05) is 0 Å². The van der Waals surface area contributed by atoms with E-state index in [9.17, 15) is 8.78 Å². The molecule has 0 saturated carbocycles. The third kappa shape index (κ3) is 2.67. The fourth-order valence-corrected chi connectivity index (χ4v) is 3.33. The second-order valence-electron chi connectivity index (χ2n) is 5.87. The lowest BCUT2D eigenvalue weighted by Crippen LogP contribution is -2.44. The number of anilines is 1. The standard InChI is InChI=1S/C16H18F2N2O2/c1-16(21-6-7-22-16)12-2-4-20(5-3-12)15-13(17)8-11(10-19)9-14(15)18/h8-9,12H,2-7H2,1H3. The van der Waals surface area contributed by atoms with E-state index >= 15 is 0 Å². The molecule has 6 heteroatoms. The number of hydrogen-bond acceptors (Lipinski definition) is 4. The third-order valence-electron chi connectivity index (χ3n) is 4.56. The van der Waals surface area contributed by atoms with Crippen molar-refractivity contribution in [1.29, 1.82) is 5.26 Å². The van der Waals surface area contributed by atoms with Gasteiger partial charge in [0.05, 0.1) is 24.8 Å². The van der Waals surface area contributed by atoms with Crippen molar-refractivity contribution >= 4 is 5.69 Å². The second-order valence-corrected chi connectivity index (χ2v) is 5.87. The molecule has 1 aromatic rings. The molecular weight excluding hydrogens is 290 g/mol. The van der Waals surface area contributed by atoms with Crippen molar-refractivity contribution in [1.82, 2.24) is 0 Å². The van der Waals surface area contributed by atoms with Gasteiger partial charge >= 0.3 is 0 Å². The van der Waals surface area contributed by atoms with Gasteiger partial charge in [0, 0.05) is 19.0 Å². The van der Waals surface area contributed by atoms with Crippen LogP contribution in [0.1, 0.15) is 25.3 Å². The summed E-state index contributed by atoms with van der Waals surface area (Å²) in [7, 11) is 0. The van der Waals surface area contributed by atoms with Crippen LogP contribution in [0.3, 0.4) is 0 Å². The highest BCUT2D eigenvalue weighted by Gasteiger charge is 2.41. The van der Waals surface area contributed by atoms with E-state index in [1.54, 1.807) is 11.0 Å². The molecule has 2 heterocycles. The Bertz CT molecular complexity index is 578. The maximum Gasteiger partial charge on any atom is 0.168 e. The smallest absolute Gasteiger partial charge is 0.168 e. The van der Waals surface area contributed by atoms with Gasteiger partial charge in [-0.2, -0.15) is 5.26 Å². The number of halogens is 2. The lowest BCUT2D eigenvalue weighted by Gasteiger charge is -2.40. The minimum atomic E-state index is -0.686. The Morgan fingerprint density at radius 1 is 1.18 bits per heavy atom. The van der Waals surface area contributed by atoms with Crippen molar-refractivity contribution in [2.75, 3.05) is 31.2 Å². The zero-order valence-electron chi connectivity index (χ0n) is 12.4. The Kier molecular flexibility index (Phi) is 4.02. The van der Waals surface area contributed by atoms with E-state index in [0.29, 0.717) is 26.3 Å². The SMILES string of the molecule is CC1(C2CCN(c3c(F)cc(C#N)cc3F)CC2)OCCO1. The maximum absolute atomic E-state index is 14.1. The third-order valence-corrected chi connectivity index (χ3v) is 4.56. The topological polar surface area (TPSA) is 45.5 Å². The number of benzene rings is 1. The summed E-state index contributed by atoms with van der Waals surface area (Å²) >= 11 is 0. The van der Waals surface area contributed by atoms with E-state index in [2.05, 4.69) is 0 Å². The van der Waals surface area contributed by atoms with E-state index in [-0.39, 0.29) is 17.2 Å². The molecule has 0 bridgehead atoms. The van der Waals surface area contributed by atoms with E-state index in [1.807, 2.05) is 6.92 Å². The van der Waals surface area contributed by atoms with Crippen LogP contribution in [0.25, 0.3) is 0 Å². The van der Waals surface area contributed by atoms with Crippen molar-refractivity contribution in [2.45, 2.75) is 25.6 Å². The van der Waals surface area contributed by atoms with Crippen LogP contribution in [0.2, 0.25) is 0 Å². The summed E-state index contributed by atoms with van der Waals surface area (Å²) in [6, 6.07) is 3.91. The second kappa shape index (κ2) is 5.82. The molecule has 3 rings (SSSR count). The van der Waals surface area contributed by atoms with Gasteiger partial charge in [-0.3, -0.25) is 0 Å². The number of hydrogen-bond donors (Lipinski definition) is 0. The average Bonchev–Trinajstić information content (AvgIpc) is 2.95. The lowest BCUT2D eigenvalue weighted by atomic mass is 9.89. The van der Waals surface area contributed by atoms with E-state index in [4.69, 9.17) is 14.7 Å². The Labute approximate surface area is 128 Å². The molecule has 22 heavy (non-hydrogen) atoms. The number of ether oxygens (including phenoxy) is 2. The van der Waals surface area contributed by atoms with Gasteiger partial charge < -0.3 is 14.4 Å². The highest BCUT2D eigenvalue weighted by Crippen LogP contribution is 2.37. The lowest BCUT2D eigenvalue weighted by molar-refractivity contribution is -0.185. The minimum Gasteiger partial charge on any atom is -0.367 e. The van der Waals surface area contributed by atoms with Crippen LogP contribution < -0.4 is 4.90 Å². The van der Waals surface area contributed by atoms with E-state index in [1.165, 1.54) is 0 Å². The van der Waals surface area contributed by atoms with Gasteiger partial charge in [0.1, 0.15) is 5.69 Å². The van der Waals surface area contributed by atoms with Gasteiger partial charge in [-0.25, -0.2) is 8.78 Å². The molecule has 0 radical (unpaired) electrons. The number of piperidine rings is 1.